The second-order valence-electron chi connectivity index (χ2n) is 6.20. The number of carbonyl (C=O) groups is 2. The Morgan fingerprint density at radius 3 is 2.62 bits per heavy atom. The minimum atomic E-state index is -0.651. The third kappa shape index (κ3) is 3.42. The van der Waals surface area contributed by atoms with E-state index in [9.17, 15) is 9.59 Å². The lowest BCUT2D eigenvalue weighted by atomic mass is 10.2. The molecule has 0 aliphatic carbocycles. The summed E-state index contributed by atoms with van der Waals surface area (Å²) in [5.41, 5.74) is 1.20. The first-order chi connectivity index (χ1) is 14.1. The molecule has 0 atom stereocenters. The first kappa shape index (κ1) is 18.6. The number of benzene rings is 2. The maximum atomic E-state index is 12.9. The molecule has 1 N–H and O–H groups in total. The molecule has 0 aliphatic rings. The molecule has 0 aliphatic heterocycles. The number of ether oxygens (including phenoxy) is 2. The van der Waals surface area contributed by atoms with Gasteiger partial charge in [0.05, 0.1) is 13.2 Å². The number of fused-ring (bicyclic) bond motifs is 2. The van der Waals surface area contributed by atoms with Gasteiger partial charge in [0.25, 0.3) is 5.91 Å². The summed E-state index contributed by atoms with van der Waals surface area (Å²) in [7, 11) is 0. The molecule has 148 valence electrons. The number of esters is 1. The van der Waals surface area contributed by atoms with Crippen molar-refractivity contribution in [1.82, 2.24) is 0 Å². The zero-order valence-corrected chi connectivity index (χ0v) is 16.0. The van der Waals surface area contributed by atoms with E-state index in [0.29, 0.717) is 28.9 Å². The number of nitrogens with one attached hydrogen (secondary N) is 1. The number of hydrogen-bond donors (Lipinski definition) is 1. The normalized spacial score (nSPS) is 11.0. The molecule has 0 saturated carbocycles. The van der Waals surface area contributed by atoms with Crippen LogP contribution in [0.1, 0.15) is 35.0 Å². The van der Waals surface area contributed by atoms with Gasteiger partial charge >= 0.3 is 5.97 Å². The zero-order chi connectivity index (χ0) is 20.4. The van der Waals surface area contributed by atoms with Crippen molar-refractivity contribution in [2.75, 3.05) is 18.5 Å². The van der Waals surface area contributed by atoms with E-state index in [1.165, 1.54) is 0 Å². The zero-order valence-electron chi connectivity index (χ0n) is 16.0. The summed E-state index contributed by atoms with van der Waals surface area (Å²) >= 11 is 0. The van der Waals surface area contributed by atoms with Crippen LogP contribution >= 0.6 is 0 Å². The lowest BCUT2D eigenvalue weighted by Crippen LogP contribution is -2.14. The highest BCUT2D eigenvalue weighted by Crippen LogP contribution is 2.33. The van der Waals surface area contributed by atoms with E-state index in [1.54, 1.807) is 43.3 Å². The molecule has 2 heterocycles. The van der Waals surface area contributed by atoms with Gasteiger partial charge in [-0.1, -0.05) is 24.3 Å². The van der Waals surface area contributed by atoms with Gasteiger partial charge in [-0.25, -0.2) is 4.79 Å². The molecule has 0 unspecified atom stereocenters. The van der Waals surface area contributed by atoms with E-state index in [4.69, 9.17) is 18.3 Å². The minimum absolute atomic E-state index is 0.0625. The summed E-state index contributed by atoms with van der Waals surface area (Å²) in [6, 6.07) is 14.1. The largest absolute Gasteiger partial charge is 0.490 e. The van der Waals surface area contributed by atoms with Crippen LogP contribution in [0.3, 0.4) is 0 Å². The minimum Gasteiger partial charge on any atom is -0.490 e. The number of para-hydroxylation sites is 2. The van der Waals surface area contributed by atoms with Crippen molar-refractivity contribution in [3.05, 3.63) is 60.1 Å². The number of carbonyl (C=O) groups excluding carboxylic acids is 2. The van der Waals surface area contributed by atoms with Crippen LogP contribution in [0.2, 0.25) is 0 Å². The van der Waals surface area contributed by atoms with Crippen LogP contribution in [-0.4, -0.2) is 25.1 Å². The third-order valence-electron chi connectivity index (χ3n) is 4.33. The smallest absolute Gasteiger partial charge is 0.376 e. The van der Waals surface area contributed by atoms with Crippen LogP contribution in [0, 0.1) is 0 Å². The van der Waals surface area contributed by atoms with Gasteiger partial charge in [0.1, 0.15) is 11.3 Å². The lowest BCUT2D eigenvalue weighted by Gasteiger charge is -2.04. The first-order valence-electron chi connectivity index (χ1n) is 9.27. The summed E-state index contributed by atoms with van der Waals surface area (Å²) < 4.78 is 22.0. The number of amides is 1. The van der Waals surface area contributed by atoms with Gasteiger partial charge in [-0.05, 0) is 38.1 Å². The van der Waals surface area contributed by atoms with Crippen molar-refractivity contribution in [1.29, 1.82) is 0 Å². The van der Waals surface area contributed by atoms with Crippen molar-refractivity contribution in [2.24, 2.45) is 0 Å². The summed E-state index contributed by atoms with van der Waals surface area (Å²) in [6.45, 7) is 4.23. The van der Waals surface area contributed by atoms with Gasteiger partial charge in [0, 0.05) is 10.8 Å². The Balaban J connectivity index is 1.72. The van der Waals surface area contributed by atoms with Gasteiger partial charge in [0.15, 0.2) is 17.1 Å². The van der Waals surface area contributed by atoms with Gasteiger partial charge in [-0.2, -0.15) is 0 Å². The Morgan fingerprint density at radius 1 is 1.00 bits per heavy atom. The number of hydrogen-bond acceptors (Lipinski definition) is 6. The first-order valence-corrected chi connectivity index (χ1v) is 9.27. The Labute approximate surface area is 166 Å². The molecule has 29 heavy (non-hydrogen) atoms. The fourth-order valence-corrected chi connectivity index (χ4v) is 3.10. The molecule has 0 radical (unpaired) electrons. The highest BCUT2D eigenvalue weighted by Gasteiger charge is 2.25. The van der Waals surface area contributed by atoms with Crippen molar-refractivity contribution < 1.29 is 27.9 Å². The van der Waals surface area contributed by atoms with Crippen molar-refractivity contribution in [2.45, 2.75) is 13.8 Å². The quantitative estimate of drug-likeness (QED) is 0.463. The SMILES string of the molecule is CCOC(=O)c1oc2ccccc2c1NC(=O)c1cc2cccc(OCC)c2o1. The molecule has 4 rings (SSSR count). The molecular weight excluding hydrogens is 374 g/mol. The Bertz CT molecular complexity index is 1200. The molecule has 0 fully saturated rings. The molecule has 0 bridgehead atoms. The fraction of sp³-hybridized carbons (Fsp3) is 0.182. The number of rotatable bonds is 6. The fourth-order valence-electron chi connectivity index (χ4n) is 3.10. The van der Waals surface area contributed by atoms with E-state index >= 15 is 0 Å². The Hall–Kier alpha value is -3.74. The standard InChI is InChI=1S/C22H19NO6/c1-3-26-16-11-7-8-13-12-17(29-19(13)16)21(24)23-18-14-9-5-6-10-15(14)28-20(18)22(25)27-4-2/h5-12H,3-4H2,1-2H3,(H,23,24). The van der Waals surface area contributed by atoms with Crippen LogP contribution < -0.4 is 10.1 Å². The third-order valence-corrected chi connectivity index (χ3v) is 4.33. The second-order valence-corrected chi connectivity index (χ2v) is 6.20. The average Bonchev–Trinajstić information content (AvgIpc) is 3.31. The van der Waals surface area contributed by atoms with Gasteiger partial charge in [-0.15, -0.1) is 0 Å². The summed E-state index contributed by atoms with van der Waals surface area (Å²) in [4.78, 5) is 25.2. The van der Waals surface area contributed by atoms with Gasteiger partial charge < -0.3 is 23.6 Å². The van der Waals surface area contributed by atoms with Crippen LogP contribution in [0.15, 0.2) is 57.4 Å². The average molecular weight is 393 g/mol. The van der Waals surface area contributed by atoms with Crippen LogP contribution in [0.25, 0.3) is 21.9 Å². The van der Waals surface area contributed by atoms with Crippen LogP contribution in [0.4, 0.5) is 5.69 Å². The van der Waals surface area contributed by atoms with Crippen LogP contribution in [0.5, 0.6) is 5.75 Å². The second kappa shape index (κ2) is 7.71. The summed E-state index contributed by atoms with van der Waals surface area (Å²) in [5.74, 6) is -0.576. The van der Waals surface area contributed by atoms with E-state index < -0.39 is 11.9 Å². The summed E-state index contributed by atoms with van der Waals surface area (Å²) in [6.07, 6.45) is 0. The summed E-state index contributed by atoms with van der Waals surface area (Å²) in [5, 5.41) is 4.07. The van der Waals surface area contributed by atoms with E-state index in [1.807, 2.05) is 19.1 Å². The molecule has 7 nitrogen and oxygen atoms in total. The van der Waals surface area contributed by atoms with Gasteiger partial charge in [0.2, 0.25) is 5.76 Å². The van der Waals surface area contributed by atoms with E-state index in [-0.39, 0.29) is 23.8 Å². The van der Waals surface area contributed by atoms with Crippen molar-refractivity contribution in [3.8, 4) is 5.75 Å². The molecule has 1 amide bonds. The molecule has 0 spiro atoms. The maximum Gasteiger partial charge on any atom is 0.376 e. The molecule has 0 saturated heterocycles. The molecule has 7 heteroatoms. The molecule has 2 aromatic carbocycles. The van der Waals surface area contributed by atoms with E-state index in [2.05, 4.69) is 5.32 Å². The molecular formula is C22H19NO6. The van der Waals surface area contributed by atoms with Gasteiger partial charge in [-0.3, -0.25) is 4.79 Å². The monoisotopic (exact) mass is 393 g/mol. The van der Waals surface area contributed by atoms with Crippen molar-refractivity contribution in [3.63, 3.8) is 0 Å². The predicted molar refractivity (Wildman–Crippen MR) is 108 cm³/mol. The molecule has 4 aromatic rings. The van der Waals surface area contributed by atoms with Crippen molar-refractivity contribution >= 4 is 39.5 Å². The number of furan rings is 2. The van der Waals surface area contributed by atoms with Crippen LogP contribution in [-0.2, 0) is 4.74 Å². The highest BCUT2D eigenvalue weighted by atomic mass is 16.5. The predicted octanol–water partition coefficient (Wildman–Crippen LogP) is 5.01. The Kier molecular flexibility index (Phi) is 4.95. The lowest BCUT2D eigenvalue weighted by molar-refractivity contribution is 0.0494. The Morgan fingerprint density at radius 2 is 1.83 bits per heavy atom. The highest BCUT2D eigenvalue weighted by molar-refractivity contribution is 6.13. The number of anilines is 1. The maximum absolute atomic E-state index is 12.9. The topological polar surface area (TPSA) is 90.9 Å². The molecule has 2 aromatic heterocycles. The van der Waals surface area contributed by atoms with E-state index in [0.717, 1.165) is 5.39 Å².